The van der Waals surface area contributed by atoms with Gasteiger partial charge in [-0.05, 0) is 5.56 Å². The molecule has 1 unspecified atom stereocenters. The SMILES string of the molecule is NC(c1ccccc1)c1nccnn1. The van der Waals surface area contributed by atoms with Crippen LogP contribution in [0.15, 0.2) is 42.7 Å². The lowest BCUT2D eigenvalue weighted by molar-refractivity contribution is 0.741. The largest absolute Gasteiger partial charge is 0.318 e. The molecule has 1 aromatic heterocycles. The Morgan fingerprint density at radius 2 is 1.86 bits per heavy atom. The van der Waals surface area contributed by atoms with Gasteiger partial charge in [0.15, 0.2) is 5.82 Å². The Morgan fingerprint density at radius 3 is 2.50 bits per heavy atom. The summed E-state index contributed by atoms with van der Waals surface area (Å²) in [5, 5.41) is 7.61. The van der Waals surface area contributed by atoms with E-state index < -0.39 is 0 Å². The van der Waals surface area contributed by atoms with Gasteiger partial charge in [0, 0.05) is 6.20 Å². The Bertz CT molecular complexity index is 348. The van der Waals surface area contributed by atoms with Crippen molar-refractivity contribution in [3.63, 3.8) is 0 Å². The van der Waals surface area contributed by atoms with Crippen LogP contribution >= 0.6 is 0 Å². The number of hydrogen-bond acceptors (Lipinski definition) is 4. The molecule has 4 nitrogen and oxygen atoms in total. The van der Waals surface area contributed by atoms with Gasteiger partial charge in [-0.2, -0.15) is 5.10 Å². The van der Waals surface area contributed by atoms with E-state index in [2.05, 4.69) is 15.2 Å². The lowest BCUT2D eigenvalue weighted by Gasteiger charge is -2.08. The van der Waals surface area contributed by atoms with E-state index in [1.807, 2.05) is 30.3 Å². The summed E-state index contributed by atoms with van der Waals surface area (Å²) in [6.45, 7) is 0. The number of rotatable bonds is 2. The van der Waals surface area contributed by atoms with E-state index in [0.717, 1.165) is 5.56 Å². The van der Waals surface area contributed by atoms with Crippen LogP contribution in [0.3, 0.4) is 0 Å². The van der Waals surface area contributed by atoms with Crippen molar-refractivity contribution in [1.82, 2.24) is 15.2 Å². The first-order valence-corrected chi connectivity index (χ1v) is 4.32. The Morgan fingerprint density at radius 1 is 1.07 bits per heavy atom. The first kappa shape index (κ1) is 8.77. The molecule has 0 spiro atoms. The summed E-state index contributed by atoms with van der Waals surface area (Å²) >= 11 is 0. The van der Waals surface area contributed by atoms with Gasteiger partial charge < -0.3 is 5.73 Å². The first-order valence-electron chi connectivity index (χ1n) is 4.32. The quantitative estimate of drug-likeness (QED) is 0.757. The second kappa shape index (κ2) is 3.93. The van der Waals surface area contributed by atoms with Crippen LogP contribution in [0.4, 0.5) is 0 Å². The van der Waals surface area contributed by atoms with Crippen LogP contribution < -0.4 is 5.73 Å². The molecule has 0 saturated carbocycles. The van der Waals surface area contributed by atoms with Crippen molar-refractivity contribution in [3.05, 3.63) is 54.1 Å². The molecular formula is C10H10N4. The molecule has 1 heterocycles. The van der Waals surface area contributed by atoms with E-state index in [9.17, 15) is 0 Å². The average molecular weight is 186 g/mol. The second-order valence-electron chi connectivity index (χ2n) is 2.89. The summed E-state index contributed by atoms with van der Waals surface area (Å²) in [7, 11) is 0. The van der Waals surface area contributed by atoms with E-state index in [-0.39, 0.29) is 6.04 Å². The zero-order valence-corrected chi connectivity index (χ0v) is 7.54. The van der Waals surface area contributed by atoms with Crippen LogP contribution in [0.5, 0.6) is 0 Å². The monoisotopic (exact) mass is 186 g/mol. The maximum absolute atomic E-state index is 5.95. The molecule has 4 heteroatoms. The molecular weight excluding hydrogens is 176 g/mol. The highest BCUT2D eigenvalue weighted by atomic mass is 15.1. The third kappa shape index (κ3) is 1.75. The molecule has 1 aromatic carbocycles. The van der Waals surface area contributed by atoms with Crippen molar-refractivity contribution in [2.24, 2.45) is 5.73 Å². The van der Waals surface area contributed by atoms with E-state index >= 15 is 0 Å². The molecule has 1 atom stereocenters. The van der Waals surface area contributed by atoms with Gasteiger partial charge in [0.2, 0.25) is 0 Å². The molecule has 0 fully saturated rings. The van der Waals surface area contributed by atoms with Crippen LogP contribution in [0.1, 0.15) is 17.4 Å². The average Bonchev–Trinajstić information content (AvgIpc) is 2.30. The maximum Gasteiger partial charge on any atom is 0.172 e. The van der Waals surface area contributed by atoms with Crippen LogP contribution in [0.2, 0.25) is 0 Å². The third-order valence-electron chi connectivity index (χ3n) is 1.94. The fourth-order valence-corrected chi connectivity index (χ4v) is 1.21. The van der Waals surface area contributed by atoms with Crippen molar-refractivity contribution < 1.29 is 0 Å². The molecule has 0 aliphatic heterocycles. The highest BCUT2D eigenvalue weighted by molar-refractivity contribution is 5.23. The Labute approximate surface area is 81.8 Å². The van der Waals surface area contributed by atoms with Crippen molar-refractivity contribution >= 4 is 0 Å². The first-order chi connectivity index (χ1) is 6.88. The number of nitrogens with two attached hydrogens (primary N) is 1. The summed E-state index contributed by atoms with van der Waals surface area (Å²) in [6.07, 6.45) is 3.12. The van der Waals surface area contributed by atoms with Gasteiger partial charge in [-0.1, -0.05) is 30.3 Å². The molecule has 70 valence electrons. The third-order valence-corrected chi connectivity index (χ3v) is 1.94. The summed E-state index contributed by atoms with van der Waals surface area (Å²) in [4.78, 5) is 4.06. The van der Waals surface area contributed by atoms with Crippen LogP contribution in [-0.2, 0) is 0 Å². The van der Waals surface area contributed by atoms with E-state index in [1.54, 1.807) is 6.20 Å². The fourth-order valence-electron chi connectivity index (χ4n) is 1.21. The minimum atomic E-state index is -0.301. The molecule has 0 aliphatic rings. The summed E-state index contributed by atoms with van der Waals surface area (Å²) in [5.74, 6) is 0.540. The molecule has 0 aliphatic carbocycles. The van der Waals surface area contributed by atoms with Gasteiger partial charge in [0.05, 0.1) is 12.2 Å². The van der Waals surface area contributed by atoms with E-state index in [4.69, 9.17) is 5.73 Å². The zero-order chi connectivity index (χ0) is 9.80. The highest BCUT2D eigenvalue weighted by Crippen LogP contribution is 2.13. The Kier molecular flexibility index (Phi) is 2.46. The lowest BCUT2D eigenvalue weighted by atomic mass is 10.1. The van der Waals surface area contributed by atoms with Crippen molar-refractivity contribution in [3.8, 4) is 0 Å². The Hall–Kier alpha value is -1.81. The molecule has 2 N–H and O–H groups in total. The van der Waals surface area contributed by atoms with Crippen molar-refractivity contribution in [1.29, 1.82) is 0 Å². The zero-order valence-electron chi connectivity index (χ0n) is 7.54. The maximum atomic E-state index is 5.95. The van der Waals surface area contributed by atoms with Gasteiger partial charge in [-0.15, -0.1) is 5.10 Å². The van der Waals surface area contributed by atoms with Gasteiger partial charge in [-0.25, -0.2) is 4.98 Å². The summed E-state index contributed by atoms with van der Waals surface area (Å²) < 4.78 is 0. The minimum absolute atomic E-state index is 0.301. The van der Waals surface area contributed by atoms with E-state index in [1.165, 1.54) is 6.20 Å². The lowest BCUT2D eigenvalue weighted by Crippen LogP contribution is -2.15. The second-order valence-corrected chi connectivity index (χ2v) is 2.89. The van der Waals surface area contributed by atoms with Gasteiger partial charge >= 0.3 is 0 Å². The van der Waals surface area contributed by atoms with Crippen molar-refractivity contribution in [2.45, 2.75) is 6.04 Å². The van der Waals surface area contributed by atoms with Crippen LogP contribution in [0, 0.1) is 0 Å². The minimum Gasteiger partial charge on any atom is -0.318 e. The normalized spacial score (nSPS) is 12.4. The Balaban J connectivity index is 2.30. The molecule has 2 rings (SSSR count). The summed E-state index contributed by atoms with van der Waals surface area (Å²) in [5.41, 5.74) is 6.94. The highest BCUT2D eigenvalue weighted by Gasteiger charge is 2.10. The number of aromatic nitrogens is 3. The summed E-state index contributed by atoms with van der Waals surface area (Å²) in [6, 6.07) is 9.41. The fraction of sp³-hybridized carbons (Fsp3) is 0.100. The molecule has 0 radical (unpaired) electrons. The molecule has 14 heavy (non-hydrogen) atoms. The molecule has 0 saturated heterocycles. The standard InChI is InChI=1S/C10H10N4/c11-9(8-4-2-1-3-5-8)10-12-6-7-13-14-10/h1-7,9H,11H2. The van der Waals surface area contributed by atoms with E-state index in [0.29, 0.717) is 5.82 Å². The molecule has 2 aromatic rings. The number of hydrogen-bond donors (Lipinski definition) is 1. The van der Waals surface area contributed by atoms with Gasteiger partial charge in [-0.3, -0.25) is 0 Å². The van der Waals surface area contributed by atoms with Crippen LogP contribution in [0.25, 0.3) is 0 Å². The molecule has 0 bridgehead atoms. The number of benzene rings is 1. The van der Waals surface area contributed by atoms with Crippen LogP contribution in [-0.4, -0.2) is 15.2 Å². The van der Waals surface area contributed by atoms with Crippen molar-refractivity contribution in [2.75, 3.05) is 0 Å². The van der Waals surface area contributed by atoms with Gasteiger partial charge in [0.1, 0.15) is 0 Å². The predicted octanol–water partition coefficient (Wildman–Crippen LogP) is 0.920. The predicted molar refractivity (Wildman–Crippen MR) is 52.3 cm³/mol. The number of nitrogens with zero attached hydrogens (tertiary/aromatic N) is 3. The van der Waals surface area contributed by atoms with Gasteiger partial charge in [0.25, 0.3) is 0 Å². The topological polar surface area (TPSA) is 64.7 Å². The molecule has 0 amide bonds. The smallest absolute Gasteiger partial charge is 0.172 e.